The van der Waals surface area contributed by atoms with Crippen molar-refractivity contribution in [1.82, 2.24) is 5.32 Å². The molecule has 0 bridgehead atoms. The van der Waals surface area contributed by atoms with E-state index in [0.717, 1.165) is 0 Å². The van der Waals surface area contributed by atoms with Crippen LogP contribution in [0.5, 0.6) is 0 Å². The van der Waals surface area contributed by atoms with Gasteiger partial charge in [-0.15, -0.1) is 0 Å². The molecule has 1 heterocycles. The normalized spacial score (nSPS) is 23.8. The molecule has 1 aliphatic rings. The van der Waals surface area contributed by atoms with Crippen molar-refractivity contribution in [2.24, 2.45) is 4.99 Å². The van der Waals surface area contributed by atoms with Gasteiger partial charge in [-0.3, -0.25) is 14.1 Å². The molecule has 0 radical (unpaired) electrons. The lowest BCUT2D eigenvalue weighted by atomic mass is 10.1. The minimum Gasteiger partial charge on any atom is -0.374 e. The Labute approximate surface area is 99.0 Å². The molecule has 0 amide bonds. The fraction of sp³-hybridized carbons (Fsp3) is 0.857. The molecule has 0 aliphatic carbocycles. The summed E-state index contributed by atoms with van der Waals surface area (Å²) >= 11 is 0. The van der Waals surface area contributed by atoms with E-state index in [4.69, 9.17) is 14.3 Å². The zero-order chi connectivity index (χ0) is 13.1. The second-order valence-corrected chi connectivity index (χ2v) is 7.59. The molecule has 10 heteroatoms. The minimum atomic E-state index is -4.90. The van der Waals surface area contributed by atoms with Gasteiger partial charge in [0.15, 0.2) is 4.99 Å². The van der Waals surface area contributed by atoms with E-state index < -0.39 is 28.7 Å². The van der Waals surface area contributed by atoms with Gasteiger partial charge in [0, 0.05) is 12.6 Å². The third kappa shape index (κ3) is 4.72. The first kappa shape index (κ1) is 14.6. The molecular formula is C7H15N2O6PS. The monoisotopic (exact) mass is 286 g/mol. The van der Waals surface area contributed by atoms with Crippen LogP contribution in [0.15, 0.2) is 4.99 Å². The van der Waals surface area contributed by atoms with E-state index >= 15 is 0 Å². The second kappa shape index (κ2) is 5.45. The molecule has 0 aromatic rings. The third-order valence-electron chi connectivity index (χ3n) is 2.45. The van der Waals surface area contributed by atoms with Crippen molar-refractivity contribution in [3.05, 3.63) is 0 Å². The highest BCUT2D eigenvalue weighted by molar-refractivity contribution is 7.93. The van der Waals surface area contributed by atoms with Crippen molar-refractivity contribution < 1.29 is 27.3 Å². The summed E-state index contributed by atoms with van der Waals surface area (Å²) in [6, 6.07) is -0.430. The van der Waals surface area contributed by atoms with Crippen LogP contribution in [-0.4, -0.2) is 46.7 Å². The zero-order valence-electron chi connectivity index (χ0n) is 8.93. The molecule has 8 nitrogen and oxygen atoms in total. The number of nitrogens with zero attached hydrogens (tertiary/aromatic N) is 1. The van der Waals surface area contributed by atoms with Gasteiger partial charge in [-0.05, 0) is 19.3 Å². The van der Waals surface area contributed by atoms with Crippen molar-refractivity contribution in [3.8, 4) is 0 Å². The summed E-state index contributed by atoms with van der Waals surface area (Å²) in [6.45, 7) is 0.579. The van der Waals surface area contributed by atoms with E-state index in [9.17, 15) is 13.0 Å². The van der Waals surface area contributed by atoms with Crippen LogP contribution in [0.1, 0.15) is 19.3 Å². The number of aliphatic imine (C=N–C) groups is 1. The Bertz CT molecular complexity index is 430. The van der Waals surface area contributed by atoms with Gasteiger partial charge < -0.3 is 15.1 Å². The van der Waals surface area contributed by atoms with Crippen molar-refractivity contribution in [1.29, 1.82) is 0 Å². The van der Waals surface area contributed by atoms with Gasteiger partial charge >= 0.3 is 7.60 Å². The van der Waals surface area contributed by atoms with E-state index in [2.05, 4.69) is 10.3 Å². The maximum Gasteiger partial charge on any atom is 0.346 e. The van der Waals surface area contributed by atoms with Gasteiger partial charge in [0.05, 0.1) is 6.34 Å². The first-order valence-electron chi connectivity index (χ1n) is 4.97. The lowest BCUT2D eigenvalue weighted by molar-refractivity contribution is 0.355. The Balaban J connectivity index is 2.80. The van der Waals surface area contributed by atoms with Crippen molar-refractivity contribution in [2.75, 3.05) is 6.54 Å². The highest BCUT2D eigenvalue weighted by Gasteiger charge is 2.41. The molecule has 0 spiro atoms. The first-order valence-corrected chi connectivity index (χ1v) is 8.15. The van der Waals surface area contributed by atoms with Crippen LogP contribution in [0.25, 0.3) is 0 Å². The lowest BCUT2D eigenvalue weighted by Gasteiger charge is -2.21. The first-order chi connectivity index (χ1) is 7.71. The molecule has 0 saturated carbocycles. The van der Waals surface area contributed by atoms with E-state index in [0.29, 0.717) is 19.4 Å². The SMILES string of the molecule is O=P(O)(O)C(CC1CCCN=CN1)S(=O)(=O)O. The van der Waals surface area contributed by atoms with Gasteiger partial charge in [-0.25, -0.2) is 0 Å². The molecule has 0 aromatic carbocycles. The number of hydrogen-bond acceptors (Lipinski definition) is 5. The summed E-state index contributed by atoms with van der Waals surface area (Å²) in [4.78, 5) is 19.7. The van der Waals surface area contributed by atoms with Crippen molar-refractivity contribution in [2.45, 2.75) is 30.3 Å². The Kier molecular flexibility index (Phi) is 4.68. The Morgan fingerprint density at radius 2 is 2.18 bits per heavy atom. The van der Waals surface area contributed by atoms with Crippen LogP contribution in [0, 0.1) is 0 Å². The minimum absolute atomic E-state index is 0.352. The van der Waals surface area contributed by atoms with Gasteiger partial charge in [0.25, 0.3) is 10.1 Å². The number of nitrogens with one attached hydrogen (secondary N) is 1. The van der Waals surface area contributed by atoms with Gasteiger partial charge in [0.1, 0.15) is 0 Å². The molecule has 0 fully saturated rings. The topological polar surface area (TPSA) is 136 Å². The van der Waals surface area contributed by atoms with Gasteiger partial charge in [-0.1, -0.05) is 0 Å². The van der Waals surface area contributed by atoms with Crippen LogP contribution in [0.2, 0.25) is 0 Å². The summed E-state index contributed by atoms with van der Waals surface area (Å²) in [5, 5.41) is 2.75. The fourth-order valence-corrected chi connectivity index (χ4v) is 3.99. The lowest BCUT2D eigenvalue weighted by Crippen LogP contribution is -2.34. The molecular weight excluding hydrogens is 271 g/mol. The summed E-state index contributed by atoms with van der Waals surface area (Å²) in [5.74, 6) is 0. The molecule has 0 aromatic heterocycles. The molecule has 17 heavy (non-hydrogen) atoms. The smallest absolute Gasteiger partial charge is 0.346 e. The molecule has 1 aliphatic heterocycles. The second-order valence-electron chi connectivity index (χ2n) is 3.84. The zero-order valence-corrected chi connectivity index (χ0v) is 10.6. The third-order valence-corrected chi connectivity index (χ3v) is 5.91. The van der Waals surface area contributed by atoms with E-state index in [1.807, 2.05) is 0 Å². The highest BCUT2D eigenvalue weighted by atomic mass is 32.2. The van der Waals surface area contributed by atoms with E-state index in [1.54, 1.807) is 0 Å². The maximum atomic E-state index is 11.0. The molecule has 1 rings (SSSR count). The average Bonchev–Trinajstić information content (AvgIpc) is 2.38. The predicted octanol–water partition coefficient (Wildman–Crippen LogP) is -0.452. The summed E-state index contributed by atoms with van der Waals surface area (Å²) < 4.78 is 41.7. The Hall–Kier alpha value is -0.470. The van der Waals surface area contributed by atoms with Crippen LogP contribution in [0.4, 0.5) is 0 Å². The molecule has 2 atom stereocenters. The average molecular weight is 286 g/mol. The van der Waals surface area contributed by atoms with Gasteiger partial charge in [-0.2, -0.15) is 8.42 Å². The number of rotatable bonds is 4. The summed E-state index contributed by atoms with van der Waals surface area (Å²) in [7, 11) is -9.68. The largest absolute Gasteiger partial charge is 0.374 e. The Morgan fingerprint density at radius 3 is 2.71 bits per heavy atom. The predicted molar refractivity (Wildman–Crippen MR) is 61.5 cm³/mol. The Morgan fingerprint density at radius 1 is 1.53 bits per heavy atom. The van der Waals surface area contributed by atoms with Crippen LogP contribution in [0.3, 0.4) is 0 Å². The molecule has 2 unspecified atom stereocenters. The standard InChI is InChI=1S/C7H15N2O6PS/c10-16(11,12)7(17(13,14)15)4-6-2-1-3-8-5-9-6/h5-7H,1-4H2,(H,8,9)(H2,10,11,12)(H,13,14,15). The highest BCUT2D eigenvalue weighted by Crippen LogP contribution is 2.46. The van der Waals surface area contributed by atoms with Crippen molar-refractivity contribution in [3.63, 3.8) is 0 Å². The molecule has 100 valence electrons. The van der Waals surface area contributed by atoms with E-state index in [-0.39, 0.29) is 6.42 Å². The van der Waals surface area contributed by atoms with Crippen LogP contribution in [-0.2, 0) is 14.7 Å². The van der Waals surface area contributed by atoms with Crippen LogP contribution >= 0.6 is 7.60 Å². The molecule has 0 saturated heterocycles. The van der Waals surface area contributed by atoms with Crippen LogP contribution < -0.4 is 5.32 Å². The molecule has 4 N–H and O–H groups in total. The van der Waals surface area contributed by atoms with Gasteiger partial charge in [0.2, 0.25) is 0 Å². The quantitative estimate of drug-likeness (QED) is 0.405. The maximum absolute atomic E-state index is 11.0. The fourth-order valence-electron chi connectivity index (χ4n) is 1.60. The number of hydrogen-bond donors (Lipinski definition) is 4. The summed E-state index contributed by atoms with van der Waals surface area (Å²) in [5.41, 5.74) is 0. The van der Waals surface area contributed by atoms with Crippen molar-refractivity contribution >= 4 is 24.1 Å². The summed E-state index contributed by atoms with van der Waals surface area (Å²) in [6.07, 6.45) is 2.26. The van der Waals surface area contributed by atoms with E-state index in [1.165, 1.54) is 6.34 Å².